The molecular formula is C45H60N14O8. The molecule has 22 nitrogen and oxygen atoms in total. The van der Waals surface area contributed by atoms with Gasteiger partial charge in [-0.2, -0.15) is 0 Å². The van der Waals surface area contributed by atoms with E-state index in [0.717, 1.165) is 26.9 Å². The standard InChI is InChI=1S/C45H60N14O8/c1-49-33(15-9-17-53-44(47)48)40(63)57-35(21-28-24-54-31-13-6-5-12-30(28)31)41(64)56-32(39(46)62)14-7-8-16-51-34(20-27-10-3-2-4-11-27)38(61)23-36-43(66)59(45(67)58-36)37(42(65)52-18-19-60)22-29-25-50-26-55-29/h2-6,10-13,19,24-26,32-37,49,51,54H,7-9,14-18,20-23H2,1H3,(H2,46,62)(H,50,55)(H,52,65)(H,56,64)(H,57,63)(H,58,67)(H4,47,48,53)/t32-,33-,34-,35-,36-,37-/m0/s1. The van der Waals surface area contributed by atoms with Crippen molar-refractivity contribution in [2.45, 2.75) is 94.0 Å². The van der Waals surface area contributed by atoms with Crippen LogP contribution in [0.5, 0.6) is 0 Å². The molecule has 358 valence electrons. The Morgan fingerprint density at radius 1 is 0.821 bits per heavy atom. The number of aldehydes is 1. The lowest BCUT2D eigenvalue weighted by atomic mass is 9.97. The van der Waals surface area contributed by atoms with Crippen molar-refractivity contribution < 1.29 is 38.4 Å². The van der Waals surface area contributed by atoms with E-state index in [-0.39, 0.29) is 56.9 Å². The number of ketones is 1. The summed E-state index contributed by atoms with van der Waals surface area (Å²) >= 11 is 0. The zero-order valence-electron chi connectivity index (χ0n) is 37.3. The van der Waals surface area contributed by atoms with Crippen LogP contribution in [-0.2, 0) is 52.8 Å². The highest BCUT2D eigenvalue weighted by Gasteiger charge is 2.46. The van der Waals surface area contributed by atoms with Gasteiger partial charge < -0.3 is 63.4 Å². The van der Waals surface area contributed by atoms with Crippen LogP contribution in [0.2, 0.25) is 0 Å². The predicted octanol–water partition coefficient (Wildman–Crippen LogP) is -1.08. The van der Waals surface area contributed by atoms with Crippen LogP contribution in [-0.4, -0.2) is 136 Å². The topological polar surface area (TPSA) is 344 Å². The molecule has 67 heavy (non-hydrogen) atoms. The van der Waals surface area contributed by atoms with E-state index in [9.17, 15) is 38.4 Å². The number of nitrogens with two attached hydrogens (primary N) is 2. The quantitative estimate of drug-likeness (QED) is 0.0102. The third-order valence-corrected chi connectivity index (χ3v) is 11.4. The van der Waals surface area contributed by atoms with Crippen LogP contribution in [0.4, 0.5) is 4.79 Å². The number of guanidine groups is 1. The number of amides is 7. The number of para-hydroxylation sites is 1. The third kappa shape index (κ3) is 14.8. The number of likely N-dealkylation sites (N-methyl/N-ethyl adjacent to an activating group) is 1. The molecule has 1 aliphatic rings. The Labute approximate surface area is 386 Å². The molecule has 7 amide bonds. The first kappa shape index (κ1) is 50.5. The molecule has 22 heteroatoms. The monoisotopic (exact) mass is 924 g/mol. The Hall–Kier alpha value is -7.46. The van der Waals surface area contributed by atoms with Crippen molar-refractivity contribution in [3.05, 3.63) is 90.1 Å². The minimum atomic E-state index is -1.33. The van der Waals surface area contributed by atoms with Crippen molar-refractivity contribution in [3.8, 4) is 0 Å². The first-order valence-electron chi connectivity index (χ1n) is 22.1. The Morgan fingerprint density at radius 2 is 1.54 bits per heavy atom. The highest BCUT2D eigenvalue weighted by atomic mass is 16.2. The predicted molar refractivity (Wildman–Crippen MR) is 247 cm³/mol. The zero-order valence-corrected chi connectivity index (χ0v) is 37.3. The number of carbonyl (C=O) groups is 8. The minimum absolute atomic E-state index is 0.104. The maximum Gasteiger partial charge on any atom is 0.325 e. The fourth-order valence-electron chi connectivity index (χ4n) is 7.89. The number of fused-ring (bicyclic) bond motifs is 1. The number of benzene rings is 2. The number of imidazole rings is 1. The van der Waals surface area contributed by atoms with E-state index < -0.39 is 71.8 Å². The van der Waals surface area contributed by atoms with Gasteiger partial charge in [-0.05, 0) is 69.3 Å². The van der Waals surface area contributed by atoms with E-state index in [1.54, 1.807) is 13.2 Å². The molecule has 2 aromatic carbocycles. The van der Waals surface area contributed by atoms with Crippen molar-refractivity contribution in [3.63, 3.8) is 0 Å². The van der Waals surface area contributed by atoms with Gasteiger partial charge in [-0.25, -0.2) is 14.7 Å². The maximum atomic E-state index is 14.0. The van der Waals surface area contributed by atoms with Gasteiger partial charge in [-0.15, -0.1) is 0 Å². The number of hydrogen-bond acceptors (Lipinski definition) is 12. The average molecular weight is 925 g/mol. The Bertz CT molecular complexity index is 2340. The zero-order chi connectivity index (χ0) is 48.3. The molecule has 14 N–H and O–H groups in total. The summed E-state index contributed by atoms with van der Waals surface area (Å²) < 4.78 is 0. The molecule has 3 heterocycles. The lowest BCUT2D eigenvalue weighted by molar-refractivity contribution is -0.137. The number of nitrogens with one attached hydrogen (secondary N) is 10. The molecule has 6 atom stereocenters. The Morgan fingerprint density at radius 3 is 2.24 bits per heavy atom. The van der Waals surface area contributed by atoms with E-state index in [2.05, 4.69) is 52.2 Å². The van der Waals surface area contributed by atoms with Crippen LogP contribution < -0.4 is 48.7 Å². The summed E-state index contributed by atoms with van der Waals surface area (Å²) in [7, 11) is 1.63. The third-order valence-electron chi connectivity index (χ3n) is 11.4. The number of unbranched alkanes of at least 4 members (excludes halogenated alkanes) is 1. The molecule has 1 fully saturated rings. The number of aromatic nitrogens is 3. The van der Waals surface area contributed by atoms with Gasteiger partial charge in [0.1, 0.15) is 30.5 Å². The molecule has 0 radical (unpaired) electrons. The van der Waals surface area contributed by atoms with E-state index in [1.165, 1.54) is 12.5 Å². The smallest absolute Gasteiger partial charge is 0.325 e. The van der Waals surface area contributed by atoms with Gasteiger partial charge in [0.2, 0.25) is 23.6 Å². The first-order chi connectivity index (χ1) is 32.3. The number of urea groups is 1. The normalized spacial score (nSPS) is 15.7. The summed E-state index contributed by atoms with van der Waals surface area (Å²) in [4.78, 5) is 116. The number of hydrogen-bond donors (Lipinski definition) is 12. The summed E-state index contributed by atoms with van der Waals surface area (Å²) in [6.45, 7) is 0.335. The molecule has 1 saturated heterocycles. The number of Topliss-reactive ketones (excluding diaryl/α,β-unsaturated/α-hetero) is 1. The molecule has 1 aliphatic heterocycles. The van der Waals surface area contributed by atoms with Crippen LogP contribution in [0.15, 0.2) is 73.3 Å². The van der Waals surface area contributed by atoms with Crippen LogP contribution in [0.25, 0.3) is 10.9 Å². The van der Waals surface area contributed by atoms with Gasteiger partial charge in [-0.1, -0.05) is 48.5 Å². The molecule has 2 aromatic heterocycles. The van der Waals surface area contributed by atoms with E-state index in [4.69, 9.17) is 16.9 Å². The Balaban J connectivity index is 1.21. The minimum Gasteiger partial charge on any atom is -0.370 e. The van der Waals surface area contributed by atoms with Crippen LogP contribution in [0, 0.1) is 5.41 Å². The summed E-state index contributed by atoms with van der Waals surface area (Å²) in [6, 6.07) is 9.64. The fraction of sp³-hybridized carbons (Fsp3) is 0.422. The number of primary amides is 1. The van der Waals surface area contributed by atoms with E-state index in [0.29, 0.717) is 44.2 Å². The summed E-state index contributed by atoms with van der Waals surface area (Å²) in [5.74, 6) is -3.88. The molecule has 5 rings (SSSR count). The van der Waals surface area contributed by atoms with Crippen molar-refractivity contribution in [1.82, 2.24) is 57.1 Å². The first-order valence-corrected chi connectivity index (χ1v) is 22.1. The number of nitrogens with zero attached hydrogens (tertiary/aromatic N) is 2. The molecule has 0 bridgehead atoms. The van der Waals surface area contributed by atoms with E-state index >= 15 is 0 Å². The van der Waals surface area contributed by atoms with Gasteiger partial charge in [0.05, 0.1) is 25.0 Å². The van der Waals surface area contributed by atoms with Gasteiger partial charge in [0.15, 0.2) is 11.7 Å². The number of aromatic amines is 2. The second-order valence-corrected chi connectivity index (χ2v) is 16.2. The Kier molecular flexibility index (Phi) is 19.1. The van der Waals surface area contributed by atoms with Crippen molar-refractivity contribution in [2.75, 3.05) is 26.7 Å². The van der Waals surface area contributed by atoms with Gasteiger partial charge in [-0.3, -0.25) is 34.2 Å². The van der Waals surface area contributed by atoms with Crippen LogP contribution >= 0.6 is 0 Å². The average Bonchev–Trinajstić information content (AvgIpc) is 4.05. The van der Waals surface area contributed by atoms with Crippen LogP contribution in [0.1, 0.15) is 55.3 Å². The fourth-order valence-corrected chi connectivity index (χ4v) is 7.89. The second kappa shape index (κ2) is 25.3. The lowest BCUT2D eigenvalue weighted by Gasteiger charge is -2.24. The lowest BCUT2D eigenvalue weighted by Crippen LogP contribution is -2.56. The van der Waals surface area contributed by atoms with Crippen molar-refractivity contribution >= 4 is 64.5 Å². The largest absolute Gasteiger partial charge is 0.370 e. The molecule has 0 saturated carbocycles. The number of H-pyrrole nitrogens is 2. The van der Waals surface area contributed by atoms with Crippen molar-refractivity contribution in [1.29, 1.82) is 5.41 Å². The molecular weight excluding hydrogens is 865 g/mol. The molecule has 0 unspecified atom stereocenters. The number of imide groups is 1. The number of rotatable bonds is 29. The highest BCUT2D eigenvalue weighted by Crippen LogP contribution is 2.21. The molecule has 4 aromatic rings. The number of carbonyl (C=O) groups excluding carboxylic acids is 8. The van der Waals surface area contributed by atoms with Crippen LogP contribution in [0.3, 0.4) is 0 Å². The second-order valence-electron chi connectivity index (χ2n) is 16.2. The van der Waals surface area contributed by atoms with E-state index in [1.807, 2.05) is 54.6 Å². The molecule has 0 aliphatic carbocycles. The molecule has 0 spiro atoms. The van der Waals surface area contributed by atoms with Crippen molar-refractivity contribution in [2.24, 2.45) is 11.5 Å². The maximum absolute atomic E-state index is 14.0. The summed E-state index contributed by atoms with van der Waals surface area (Å²) in [6.07, 6.45) is 6.80. The SMILES string of the molecule is CN[C@@H](CCCNC(=N)N)C(=O)N[C@@H](Cc1c[nH]c2ccccc12)C(=O)N[C@@H](CCCCN[C@@H](Cc1ccccc1)C(=O)C[C@@H]1NC(=O)N([C@@H](Cc2cnc[nH]2)C(=O)NCC=O)C1=O)C(N)=O. The highest BCUT2D eigenvalue weighted by molar-refractivity contribution is 6.09. The summed E-state index contributed by atoms with van der Waals surface area (Å²) in [5.41, 5.74) is 14.1. The van der Waals surface area contributed by atoms with Gasteiger partial charge in [0.25, 0.3) is 5.91 Å². The van der Waals surface area contributed by atoms with Gasteiger partial charge >= 0.3 is 6.03 Å². The van der Waals surface area contributed by atoms with Gasteiger partial charge in [0, 0.05) is 54.8 Å². The summed E-state index contributed by atoms with van der Waals surface area (Å²) in [5, 5.41) is 27.7.